The van der Waals surface area contributed by atoms with Crippen molar-refractivity contribution >= 4 is 23.8 Å². The van der Waals surface area contributed by atoms with Gasteiger partial charge in [0, 0.05) is 13.1 Å². The van der Waals surface area contributed by atoms with E-state index in [1.807, 2.05) is 6.07 Å². The number of carbonyl (C=O) groups excluding carboxylic acids is 4. The number of hydrogen-bond acceptors (Lipinski definition) is 4. The second-order valence-electron chi connectivity index (χ2n) is 7.30. The van der Waals surface area contributed by atoms with E-state index >= 15 is 0 Å². The van der Waals surface area contributed by atoms with E-state index in [4.69, 9.17) is 0 Å². The molecule has 0 saturated carbocycles. The van der Waals surface area contributed by atoms with Crippen LogP contribution in [0.5, 0.6) is 0 Å². The number of piperidine rings is 1. The Morgan fingerprint density at radius 2 is 1.54 bits per heavy atom. The lowest BCUT2D eigenvalue weighted by Crippen LogP contribution is -2.48. The van der Waals surface area contributed by atoms with E-state index in [0.717, 1.165) is 21.8 Å². The highest BCUT2D eigenvalue weighted by Gasteiger charge is 2.45. The van der Waals surface area contributed by atoms with Crippen LogP contribution in [0.1, 0.15) is 25.8 Å². The smallest absolute Gasteiger partial charge is 0.335 e. The molecule has 0 spiro atoms. The summed E-state index contributed by atoms with van der Waals surface area (Å²) in [5.41, 5.74) is 0.744. The molecule has 2 saturated heterocycles. The molecule has 2 fully saturated rings. The van der Waals surface area contributed by atoms with Crippen LogP contribution < -0.4 is 0 Å². The summed E-state index contributed by atoms with van der Waals surface area (Å²) < 4.78 is 0. The monoisotopic (exact) mass is 357 g/mol. The quantitative estimate of drug-likeness (QED) is 0.604. The first-order valence-corrected chi connectivity index (χ1v) is 8.85. The number of imide groups is 2. The molecule has 0 unspecified atom stereocenters. The highest BCUT2D eigenvalue weighted by Crippen LogP contribution is 2.22. The summed E-state index contributed by atoms with van der Waals surface area (Å²) in [5.74, 6) is -1.35. The zero-order chi connectivity index (χ0) is 18.8. The van der Waals surface area contributed by atoms with Gasteiger partial charge in [-0.1, -0.05) is 44.2 Å². The molecule has 0 radical (unpaired) electrons. The molecular formula is C19H23N3O4. The van der Waals surface area contributed by atoms with Crippen LogP contribution >= 0.6 is 0 Å². The zero-order valence-corrected chi connectivity index (χ0v) is 15.1. The molecule has 0 aromatic heterocycles. The van der Waals surface area contributed by atoms with Gasteiger partial charge in [-0.05, 0) is 23.8 Å². The van der Waals surface area contributed by atoms with Crippen molar-refractivity contribution in [1.82, 2.24) is 14.7 Å². The molecule has 5 amide bonds. The van der Waals surface area contributed by atoms with Crippen LogP contribution in [0.25, 0.3) is 0 Å². The Morgan fingerprint density at radius 3 is 2.15 bits per heavy atom. The highest BCUT2D eigenvalue weighted by atomic mass is 16.2. The van der Waals surface area contributed by atoms with E-state index in [-0.39, 0.29) is 19.0 Å². The summed E-state index contributed by atoms with van der Waals surface area (Å²) in [5, 5.41) is 0. The molecule has 2 aliphatic rings. The number of benzene rings is 1. The molecule has 2 aliphatic heterocycles. The standard InChI is InChI=1S/C19H23N3O4/c1-13-8-14(2)10-20(9-13)16(23)12-22-18(25)17(24)21(19(22)26)11-15-6-4-3-5-7-15/h3-7,13-14H,8-12H2,1-2H3/t13-,14+. The number of hydrogen-bond donors (Lipinski definition) is 0. The van der Waals surface area contributed by atoms with Crippen LogP contribution in [-0.2, 0) is 20.9 Å². The zero-order valence-electron chi connectivity index (χ0n) is 15.1. The Bertz CT molecular complexity index is 724. The first-order valence-electron chi connectivity index (χ1n) is 8.85. The van der Waals surface area contributed by atoms with Crippen molar-refractivity contribution in [3.63, 3.8) is 0 Å². The maximum atomic E-state index is 12.6. The predicted octanol–water partition coefficient (Wildman–Crippen LogP) is 1.48. The van der Waals surface area contributed by atoms with Gasteiger partial charge in [-0.15, -0.1) is 0 Å². The van der Waals surface area contributed by atoms with E-state index < -0.39 is 17.8 Å². The van der Waals surface area contributed by atoms with Gasteiger partial charge < -0.3 is 4.90 Å². The van der Waals surface area contributed by atoms with Crippen LogP contribution in [0.15, 0.2) is 30.3 Å². The summed E-state index contributed by atoms with van der Waals surface area (Å²) in [7, 11) is 0. The maximum absolute atomic E-state index is 12.6. The third-order valence-corrected chi connectivity index (χ3v) is 4.83. The fraction of sp³-hybridized carbons (Fsp3) is 0.474. The first-order chi connectivity index (χ1) is 12.4. The molecule has 3 rings (SSSR count). The van der Waals surface area contributed by atoms with Gasteiger partial charge in [0.15, 0.2) is 0 Å². The van der Waals surface area contributed by atoms with Crippen LogP contribution in [0.2, 0.25) is 0 Å². The van der Waals surface area contributed by atoms with E-state index in [1.165, 1.54) is 0 Å². The summed E-state index contributed by atoms with van der Waals surface area (Å²) >= 11 is 0. The number of rotatable bonds is 4. The predicted molar refractivity (Wildman–Crippen MR) is 93.6 cm³/mol. The lowest BCUT2D eigenvalue weighted by molar-refractivity contribution is -0.145. The van der Waals surface area contributed by atoms with Crippen molar-refractivity contribution < 1.29 is 19.2 Å². The lowest BCUT2D eigenvalue weighted by atomic mass is 9.92. The van der Waals surface area contributed by atoms with Crippen LogP contribution in [0, 0.1) is 11.8 Å². The fourth-order valence-corrected chi connectivity index (χ4v) is 3.70. The average molecular weight is 357 g/mol. The van der Waals surface area contributed by atoms with Gasteiger partial charge in [-0.3, -0.25) is 19.3 Å². The Labute approximate surface area is 152 Å². The van der Waals surface area contributed by atoms with Gasteiger partial charge in [0.25, 0.3) is 0 Å². The minimum absolute atomic E-state index is 0.0206. The third-order valence-electron chi connectivity index (χ3n) is 4.83. The number of urea groups is 1. The summed E-state index contributed by atoms with van der Waals surface area (Å²) in [6.07, 6.45) is 1.05. The van der Waals surface area contributed by atoms with Crippen LogP contribution in [0.4, 0.5) is 4.79 Å². The fourth-order valence-electron chi connectivity index (χ4n) is 3.70. The van der Waals surface area contributed by atoms with Crippen molar-refractivity contribution in [2.75, 3.05) is 19.6 Å². The molecule has 0 N–H and O–H groups in total. The second kappa shape index (κ2) is 7.27. The molecule has 7 nitrogen and oxygen atoms in total. The molecule has 1 aromatic rings. The molecular weight excluding hydrogens is 334 g/mol. The van der Waals surface area contributed by atoms with E-state index in [0.29, 0.717) is 24.9 Å². The Balaban J connectivity index is 1.68. The molecule has 2 heterocycles. The topological polar surface area (TPSA) is 78.0 Å². The molecule has 138 valence electrons. The minimum Gasteiger partial charge on any atom is -0.341 e. The van der Waals surface area contributed by atoms with Crippen molar-refractivity contribution in [2.24, 2.45) is 11.8 Å². The Morgan fingerprint density at radius 1 is 0.962 bits per heavy atom. The molecule has 0 aliphatic carbocycles. The minimum atomic E-state index is -0.933. The largest absolute Gasteiger partial charge is 0.341 e. The van der Waals surface area contributed by atoms with E-state index in [9.17, 15) is 19.2 Å². The second-order valence-corrected chi connectivity index (χ2v) is 7.30. The average Bonchev–Trinajstić information content (AvgIpc) is 2.80. The number of nitrogens with zero attached hydrogens (tertiary/aromatic N) is 3. The van der Waals surface area contributed by atoms with Gasteiger partial charge in [0.1, 0.15) is 6.54 Å². The molecule has 1 aromatic carbocycles. The summed E-state index contributed by atoms with van der Waals surface area (Å²) in [4.78, 5) is 52.8. The van der Waals surface area contributed by atoms with Gasteiger partial charge >= 0.3 is 17.8 Å². The molecule has 26 heavy (non-hydrogen) atoms. The number of amides is 5. The van der Waals surface area contributed by atoms with E-state index in [2.05, 4.69) is 13.8 Å². The van der Waals surface area contributed by atoms with Crippen molar-refractivity contribution in [2.45, 2.75) is 26.8 Å². The normalized spacial score (nSPS) is 23.8. The Kier molecular flexibility index (Phi) is 5.06. The Hall–Kier alpha value is -2.70. The SMILES string of the molecule is C[C@@H]1C[C@H](C)CN(C(=O)CN2C(=O)C(=O)N(Cc3ccccc3)C2=O)C1. The molecule has 7 heteroatoms. The van der Waals surface area contributed by atoms with Gasteiger partial charge in [-0.25, -0.2) is 9.69 Å². The summed E-state index contributed by atoms with van der Waals surface area (Å²) in [6, 6.07) is 8.23. The highest BCUT2D eigenvalue weighted by molar-refractivity contribution is 6.44. The maximum Gasteiger partial charge on any atom is 0.335 e. The van der Waals surface area contributed by atoms with Crippen molar-refractivity contribution in [3.8, 4) is 0 Å². The molecule has 2 atom stereocenters. The number of likely N-dealkylation sites (tertiary alicyclic amines) is 1. The van der Waals surface area contributed by atoms with Crippen LogP contribution in [0.3, 0.4) is 0 Å². The third kappa shape index (κ3) is 3.61. The van der Waals surface area contributed by atoms with Gasteiger partial charge in [-0.2, -0.15) is 0 Å². The van der Waals surface area contributed by atoms with Crippen molar-refractivity contribution in [3.05, 3.63) is 35.9 Å². The lowest BCUT2D eigenvalue weighted by Gasteiger charge is -2.35. The van der Waals surface area contributed by atoms with Gasteiger partial charge in [0.2, 0.25) is 5.91 Å². The van der Waals surface area contributed by atoms with Crippen LogP contribution in [-0.4, -0.2) is 58.1 Å². The molecule has 0 bridgehead atoms. The van der Waals surface area contributed by atoms with E-state index in [1.54, 1.807) is 29.2 Å². The van der Waals surface area contributed by atoms with Gasteiger partial charge in [0.05, 0.1) is 6.54 Å². The van der Waals surface area contributed by atoms with Crippen molar-refractivity contribution in [1.29, 1.82) is 0 Å². The summed E-state index contributed by atoms with van der Waals surface area (Å²) in [6.45, 7) is 5.02. The number of carbonyl (C=O) groups is 4. The first kappa shape index (κ1) is 18.1.